The largest absolute Gasteiger partial charge is 0.398 e. The number of nitrogens with two attached hydrogens (primary N) is 1. The number of nitrogen functional groups attached to an aromatic ring is 1. The van der Waals surface area contributed by atoms with Gasteiger partial charge in [0.05, 0.1) is 18.9 Å². The molecule has 4 heteroatoms. The summed E-state index contributed by atoms with van der Waals surface area (Å²) in [5.41, 5.74) is 10.0. The lowest BCUT2D eigenvalue weighted by molar-refractivity contribution is 0.123. The second-order valence-corrected chi connectivity index (χ2v) is 5.88. The third-order valence-electron chi connectivity index (χ3n) is 3.36. The zero-order valence-electron chi connectivity index (χ0n) is 12.2. The molecule has 0 unspecified atom stereocenters. The standard InChI is InChI=1S/C18H18N2OS/c19-17-9-5-4-8-16(17)18-20-15(13-22-18)10-11-21-12-14-6-2-1-3-7-14/h1-9,13H,10-12,19H2. The minimum Gasteiger partial charge on any atom is -0.398 e. The number of benzene rings is 2. The number of hydrogen-bond donors (Lipinski definition) is 1. The van der Waals surface area contributed by atoms with E-state index in [0.29, 0.717) is 13.2 Å². The summed E-state index contributed by atoms with van der Waals surface area (Å²) in [6, 6.07) is 18.0. The van der Waals surface area contributed by atoms with Crippen molar-refractivity contribution in [3.63, 3.8) is 0 Å². The van der Waals surface area contributed by atoms with Gasteiger partial charge in [-0.05, 0) is 17.7 Å². The van der Waals surface area contributed by atoms with Gasteiger partial charge in [0.25, 0.3) is 0 Å². The van der Waals surface area contributed by atoms with Crippen LogP contribution in [0.15, 0.2) is 60.0 Å². The molecule has 0 aliphatic heterocycles. The second-order valence-electron chi connectivity index (χ2n) is 5.02. The van der Waals surface area contributed by atoms with Gasteiger partial charge in [0.15, 0.2) is 0 Å². The van der Waals surface area contributed by atoms with E-state index in [1.54, 1.807) is 11.3 Å². The van der Waals surface area contributed by atoms with E-state index in [0.717, 1.165) is 28.4 Å². The van der Waals surface area contributed by atoms with Gasteiger partial charge in [0.1, 0.15) is 5.01 Å². The van der Waals surface area contributed by atoms with E-state index >= 15 is 0 Å². The minimum atomic E-state index is 0.642. The quantitative estimate of drug-likeness (QED) is 0.549. The summed E-state index contributed by atoms with van der Waals surface area (Å²) in [5.74, 6) is 0. The smallest absolute Gasteiger partial charge is 0.125 e. The molecule has 1 heterocycles. The summed E-state index contributed by atoms with van der Waals surface area (Å²) >= 11 is 1.62. The van der Waals surface area contributed by atoms with Gasteiger partial charge in [0, 0.05) is 23.1 Å². The molecule has 0 saturated carbocycles. The summed E-state index contributed by atoms with van der Waals surface area (Å²) in [7, 11) is 0. The first-order chi connectivity index (χ1) is 10.8. The highest BCUT2D eigenvalue weighted by molar-refractivity contribution is 7.13. The van der Waals surface area contributed by atoms with Crippen LogP contribution >= 0.6 is 11.3 Å². The maximum Gasteiger partial charge on any atom is 0.125 e. The molecule has 3 nitrogen and oxygen atoms in total. The van der Waals surface area contributed by atoms with Crippen molar-refractivity contribution in [2.45, 2.75) is 13.0 Å². The summed E-state index contributed by atoms with van der Waals surface area (Å²) in [5, 5.41) is 3.05. The fourth-order valence-corrected chi connectivity index (χ4v) is 3.08. The van der Waals surface area contributed by atoms with Gasteiger partial charge in [-0.25, -0.2) is 4.98 Å². The van der Waals surface area contributed by atoms with Gasteiger partial charge >= 0.3 is 0 Å². The third-order valence-corrected chi connectivity index (χ3v) is 4.28. The number of ether oxygens (including phenoxy) is 1. The Hall–Kier alpha value is -2.17. The van der Waals surface area contributed by atoms with Gasteiger partial charge in [-0.2, -0.15) is 0 Å². The van der Waals surface area contributed by atoms with Gasteiger partial charge in [-0.1, -0.05) is 42.5 Å². The minimum absolute atomic E-state index is 0.642. The Bertz CT molecular complexity index is 725. The first-order valence-corrected chi connectivity index (χ1v) is 8.12. The molecule has 0 spiro atoms. The molecule has 0 radical (unpaired) electrons. The SMILES string of the molecule is Nc1ccccc1-c1nc(CCOCc2ccccc2)cs1. The van der Waals surface area contributed by atoms with Gasteiger partial charge in [-0.3, -0.25) is 0 Å². The van der Waals surface area contributed by atoms with Crippen LogP contribution in [-0.4, -0.2) is 11.6 Å². The monoisotopic (exact) mass is 310 g/mol. The lowest BCUT2D eigenvalue weighted by Gasteiger charge is -2.03. The molecular formula is C18H18N2OS. The van der Waals surface area contributed by atoms with Gasteiger partial charge in [-0.15, -0.1) is 11.3 Å². The van der Waals surface area contributed by atoms with Crippen LogP contribution in [0.5, 0.6) is 0 Å². The Morgan fingerprint density at radius 1 is 1.00 bits per heavy atom. The highest BCUT2D eigenvalue weighted by Gasteiger charge is 2.07. The Morgan fingerprint density at radius 2 is 1.77 bits per heavy atom. The van der Waals surface area contributed by atoms with Crippen molar-refractivity contribution in [3.05, 3.63) is 71.2 Å². The lowest BCUT2D eigenvalue weighted by Crippen LogP contribution is -1.99. The molecule has 0 aliphatic carbocycles. The molecule has 112 valence electrons. The van der Waals surface area contributed by atoms with Crippen molar-refractivity contribution >= 4 is 17.0 Å². The van der Waals surface area contributed by atoms with Gasteiger partial charge < -0.3 is 10.5 Å². The maximum atomic E-state index is 5.99. The van der Waals surface area contributed by atoms with Crippen LogP contribution in [-0.2, 0) is 17.8 Å². The number of thiazole rings is 1. The molecule has 2 aromatic carbocycles. The van der Waals surface area contributed by atoms with Crippen LogP contribution in [0.1, 0.15) is 11.3 Å². The number of rotatable bonds is 6. The Balaban J connectivity index is 1.53. The molecule has 0 atom stereocenters. The Labute approximate surface area is 134 Å². The molecule has 22 heavy (non-hydrogen) atoms. The number of nitrogens with zero attached hydrogens (tertiary/aromatic N) is 1. The predicted molar refractivity (Wildman–Crippen MR) is 91.8 cm³/mol. The van der Waals surface area contributed by atoms with E-state index in [2.05, 4.69) is 22.5 Å². The fourth-order valence-electron chi connectivity index (χ4n) is 2.18. The number of para-hydroxylation sites is 1. The van der Waals surface area contributed by atoms with E-state index in [1.807, 2.05) is 42.5 Å². The molecule has 3 rings (SSSR count). The van der Waals surface area contributed by atoms with Crippen molar-refractivity contribution < 1.29 is 4.74 Å². The molecule has 1 aromatic heterocycles. The molecule has 3 aromatic rings. The molecule has 0 fully saturated rings. The van der Waals surface area contributed by atoms with Crippen LogP contribution in [0.25, 0.3) is 10.6 Å². The Morgan fingerprint density at radius 3 is 2.59 bits per heavy atom. The van der Waals surface area contributed by atoms with Crippen molar-refractivity contribution in [2.24, 2.45) is 0 Å². The van der Waals surface area contributed by atoms with E-state index < -0.39 is 0 Å². The van der Waals surface area contributed by atoms with Crippen LogP contribution in [0.3, 0.4) is 0 Å². The second kappa shape index (κ2) is 7.20. The predicted octanol–water partition coefficient (Wildman–Crippen LogP) is 4.15. The summed E-state index contributed by atoms with van der Waals surface area (Å²) in [6.07, 6.45) is 0.816. The number of hydrogen-bond acceptors (Lipinski definition) is 4. The van der Waals surface area contributed by atoms with Crippen LogP contribution < -0.4 is 5.73 Å². The average Bonchev–Trinajstić information content (AvgIpc) is 3.02. The topological polar surface area (TPSA) is 48.1 Å². The maximum absolute atomic E-state index is 5.99. The van der Waals surface area contributed by atoms with Crippen molar-refractivity contribution in [2.75, 3.05) is 12.3 Å². The fraction of sp³-hybridized carbons (Fsp3) is 0.167. The molecule has 0 saturated heterocycles. The number of anilines is 1. The van der Waals surface area contributed by atoms with Crippen molar-refractivity contribution in [1.29, 1.82) is 0 Å². The van der Waals surface area contributed by atoms with E-state index in [1.165, 1.54) is 5.56 Å². The molecule has 0 aliphatic rings. The number of aromatic nitrogens is 1. The zero-order valence-corrected chi connectivity index (χ0v) is 13.1. The highest BCUT2D eigenvalue weighted by Crippen LogP contribution is 2.28. The van der Waals surface area contributed by atoms with Crippen LogP contribution in [0.2, 0.25) is 0 Å². The normalized spacial score (nSPS) is 10.7. The third kappa shape index (κ3) is 3.72. The summed E-state index contributed by atoms with van der Waals surface area (Å²) < 4.78 is 5.70. The molecule has 2 N–H and O–H groups in total. The van der Waals surface area contributed by atoms with Crippen molar-refractivity contribution in [1.82, 2.24) is 4.98 Å². The summed E-state index contributed by atoms with van der Waals surface area (Å²) in [6.45, 7) is 1.31. The molecule has 0 bridgehead atoms. The van der Waals surface area contributed by atoms with Gasteiger partial charge in [0.2, 0.25) is 0 Å². The molecule has 0 amide bonds. The zero-order chi connectivity index (χ0) is 15.2. The first kappa shape index (κ1) is 14.8. The van der Waals surface area contributed by atoms with E-state index in [-0.39, 0.29) is 0 Å². The van der Waals surface area contributed by atoms with Crippen LogP contribution in [0.4, 0.5) is 5.69 Å². The Kier molecular flexibility index (Phi) is 4.83. The average molecular weight is 310 g/mol. The van der Waals surface area contributed by atoms with Crippen LogP contribution in [0, 0.1) is 0 Å². The first-order valence-electron chi connectivity index (χ1n) is 7.24. The summed E-state index contributed by atoms with van der Waals surface area (Å²) in [4.78, 5) is 4.64. The lowest BCUT2D eigenvalue weighted by atomic mass is 10.2. The van der Waals surface area contributed by atoms with E-state index in [9.17, 15) is 0 Å². The molecular weight excluding hydrogens is 292 g/mol. The highest BCUT2D eigenvalue weighted by atomic mass is 32.1. The van der Waals surface area contributed by atoms with E-state index in [4.69, 9.17) is 10.5 Å². The van der Waals surface area contributed by atoms with Crippen molar-refractivity contribution in [3.8, 4) is 10.6 Å².